The molecule has 0 aliphatic heterocycles. The third-order valence-corrected chi connectivity index (χ3v) is 4.38. The van der Waals surface area contributed by atoms with Crippen LogP contribution in [0.3, 0.4) is 0 Å². The summed E-state index contributed by atoms with van der Waals surface area (Å²) in [6.45, 7) is 7.25. The van der Waals surface area contributed by atoms with Gasteiger partial charge in [0.2, 0.25) is 0 Å². The van der Waals surface area contributed by atoms with Crippen molar-refractivity contribution in [2.75, 3.05) is 20.1 Å². The molecule has 3 N–H and O–H groups in total. The molecule has 1 amide bonds. The van der Waals surface area contributed by atoms with Crippen LogP contribution < -0.4 is 11.1 Å². The highest BCUT2D eigenvalue weighted by Gasteiger charge is 2.19. The van der Waals surface area contributed by atoms with Crippen LogP contribution in [0.15, 0.2) is 15.2 Å². The van der Waals surface area contributed by atoms with Gasteiger partial charge >= 0.3 is 6.09 Å². The normalized spacial score (nSPS) is 13.3. The molecule has 0 spiro atoms. The lowest BCUT2D eigenvalue weighted by atomic mass is 10.2. The molecular formula is C14H24BrN3O2S. The zero-order chi connectivity index (χ0) is 16.0. The molecule has 1 aromatic rings. The van der Waals surface area contributed by atoms with E-state index < -0.39 is 11.7 Å². The van der Waals surface area contributed by atoms with E-state index in [0.29, 0.717) is 13.1 Å². The molecule has 1 heterocycles. The third kappa shape index (κ3) is 7.26. The maximum absolute atomic E-state index is 11.7. The first-order valence-corrected chi connectivity index (χ1v) is 8.48. The zero-order valence-corrected chi connectivity index (χ0v) is 15.4. The summed E-state index contributed by atoms with van der Waals surface area (Å²) in [5.74, 6) is 0. The quantitative estimate of drug-likeness (QED) is 0.799. The summed E-state index contributed by atoms with van der Waals surface area (Å²) in [5.41, 5.74) is 6.54. The van der Waals surface area contributed by atoms with Crippen LogP contribution in [0.25, 0.3) is 0 Å². The van der Waals surface area contributed by atoms with Gasteiger partial charge < -0.3 is 15.8 Å². The largest absolute Gasteiger partial charge is 0.444 e. The van der Waals surface area contributed by atoms with Gasteiger partial charge in [0, 0.05) is 25.7 Å². The number of alkyl carbamates (subject to hydrolysis) is 1. The molecule has 21 heavy (non-hydrogen) atoms. The molecule has 5 nitrogen and oxygen atoms in total. The van der Waals surface area contributed by atoms with Crippen molar-refractivity contribution in [3.8, 4) is 0 Å². The Hall–Kier alpha value is -0.630. The van der Waals surface area contributed by atoms with E-state index in [2.05, 4.69) is 37.6 Å². The fourth-order valence-corrected chi connectivity index (χ4v) is 2.98. The van der Waals surface area contributed by atoms with Crippen molar-refractivity contribution in [3.63, 3.8) is 0 Å². The molecule has 120 valence electrons. The number of thiophene rings is 1. The number of amides is 1. The molecular weight excluding hydrogens is 354 g/mol. The first kappa shape index (κ1) is 18.4. The molecule has 7 heteroatoms. The molecule has 1 rings (SSSR count). The minimum atomic E-state index is -0.489. The Morgan fingerprint density at radius 2 is 2.24 bits per heavy atom. The summed E-state index contributed by atoms with van der Waals surface area (Å²) in [6.07, 6.45) is -0.410. The molecule has 0 saturated carbocycles. The second kappa shape index (κ2) is 8.12. The van der Waals surface area contributed by atoms with Crippen LogP contribution in [0.2, 0.25) is 0 Å². The Morgan fingerprint density at radius 1 is 1.57 bits per heavy atom. The van der Waals surface area contributed by atoms with Crippen molar-refractivity contribution in [1.82, 2.24) is 10.2 Å². The van der Waals surface area contributed by atoms with E-state index in [9.17, 15) is 4.79 Å². The molecule has 0 aliphatic rings. The van der Waals surface area contributed by atoms with Crippen molar-refractivity contribution >= 4 is 33.4 Å². The second-order valence-corrected chi connectivity index (χ2v) is 8.24. The van der Waals surface area contributed by atoms with Gasteiger partial charge in [0.15, 0.2) is 0 Å². The predicted octanol–water partition coefficient (Wildman–Crippen LogP) is 2.79. The molecule has 1 unspecified atom stereocenters. The number of carbonyl (C=O) groups is 1. The molecule has 0 fully saturated rings. The van der Waals surface area contributed by atoms with Gasteiger partial charge in [-0.25, -0.2) is 4.79 Å². The van der Waals surface area contributed by atoms with Crippen LogP contribution in [0.4, 0.5) is 4.79 Å². The minimum absolute atomic E-state index is 0.0659. The average molecular weight is 378 g/mol. The van der Waals surface area contributed by atoms with E-state index in [0.717, 1.165) is 10.3 Å². The zero-order valence-electron chi connectivity index (χ0n) is 13.0. The number of hydrogen-bond donors (Lipinski definition) is 2. The van der Waals surface area contributed by atoms with Crippen LogP contribution in [-0.2, 0) is 11.3 Å². The van der Waals surface area contributed by atoms with E-state index in [1.807, 2.05) is 27.8 Å². The Labute approximate surface area is 139 Å². The molecule has 1 atom stereocenters. The van der Waals surface area contributed by atoms with Gasteiger partial charge in [0.25, 0.3) is 0 Å². The van der Waals surface area contributed by atoms with E-state index in [1.165, 1.54) is 5.56 Å². The fourth-order valence-electron chi connectivity index (χ4n) is 1.78. The number of likely N-dealkylation sites (N-methyl/N-ethyl adjacent to an activating group) is 1. The van der Waals surface area contributed by atoms with Gasteiger partial charge in [0.1, 0.15) is 5.60 Å². The van der Waals surface area contributed by atoms with Crippen molar-refractivity contribution < 1.29 is 9.53 Å². The lowest BCUT2D eigenvalue weighted by Gasteiger charge is -2.27. The lowest BCUT2D eigenvalue weighted by molar-refractivity contribution is 0.0511. The maximum Gasteiger partial charge on any atom is 0.407 e. The SMILES string of the molecule is CN(Cc1csc(Br)c1)C(CN)CNC(=O)OC(C)(C)C. The monoisotopic (exact) mass is 377 g/mol. The first-order valence-electron chi connectivity index (χ1n) is 6.81. The van der Waals surface area contributed by atoms with Gasteiger partial charge in [0.05, 0.1) is 3.79 Å². The van der Waals surface area contributed by atoms with Crippen LogP contribution >= 0.6 is 27.3 Å². The van der Waals surface area contributed by atoms with Gasteiger partial charge in [-0.15, -0.1) is 11.3 Å². The van der Waals surface area contributed by atoms with Crippen LogP contribution in [-0.4, -0.2) is 42.8 Å². The molecule has 0 bridgehead atoms. The number of nitrogens with one attached hydrogen (secondary N) is 1. The fraction of sp³-hybridized carbons (Fsp3) is 0.643. The highest BCUT2D eigenvalue weighted by molar-refractivity contribution is 9.11. The number of ether oxygens (including phenoxy) is 1. The summed E-state index contributed by atoms with van der Waals surface area (Å²) in [4.78, 5) is 13.8. The van der Waals surface area contributed by atoms with Gasteiger partial charge in [-0.2, -0.15) is 0 Å². The maximum atomic E-state index is 11.7. The average Bonchev–Trinajstić information content (AvgIpc) is 2.73. The van der Waals surface area contributed by atoms with Crippen LogP contribution in [0.5, 0.6) is 0 Å². The number of hydrogen-bond acceptors (Lipinski definition) is 5. The highest BCUT2D eigenvalue weighted by Crippen LogP contribution is 2.21. The summed E-state index contributed by atoms with van der Waals surface area (Å²) in [7, 11) is 2.00. The van der Waals surface area contributed by atoms with Gasteiger partial charge in [-0.3, -0.25) is 4.90 Å². The van der Waals surface area contributed by atoms with E-state index in [4.69, 9.17) is 10.5 Å². The number of halogens is 1. The van der Waals surface area contributed by atoms with Crippen molar-refractivity contribution in [3.05, 3.63) is 20.8 Å². The second-order valence-electron chi connectivity index (χ2n) is 5.95. The van der Waals surface area contributed by atoms with Crippen molar-refractivity contribution in [2.45, 2.75) is 39.0 Å². The molecule has 1 aromatic heterocycles. The van der Waals surface area contributed by atoms with E-state index in [1.54, 1.807) is 11.3 Å². The number of carbonyl (C=O) groups excluding carboxylic acids is 1. The Kier molecular flexibility index (Phi) is 7.12. The minimum Gasteiger partial charge on any atom is -0.444 e. The highest BCUT2D eigenvalue weighted by atomic mass is 79.9. The Morgan fingerprint density at radius 3 is 2.71 bits per heavy atom. The van der Waals surface area contributed by atoms with E-state index in [-0.39, 0.29) is 6.04 Å². The summed E-state index contributed by atoms with van der Waals surface area (Å²) < 4.78 is 6.33. The molecule has 0 aliphatic carbocycles. The number of nitrogens with two attached hydrogens (primary N) is 1. The molecule has 0 radical (unpaired) electrons. The summed E-state index contributed by atoms with van der Waals surface area (Å²) in [5, 5.41) is 4.88. The standard InChI is InChI=1S/C14H24BrN3O2S/c1-14(2,3)20-13(19)17-7-11(6-16)18(4)8-10-5-12(15)21-9-10/h5,9,11H,6-8,16H2,1-4H3,(H,17,19). The predicted molar refractivity (Wildman–Crippen MR) is 90.6 cm³/mol. The number of rotatable bonds is 6. The Balaban J connectivity index is 2.45. The van der Waals surface area contributed by atoms with E-state index >= 15 is 0 Å². The molecule has 0 aromatic carbocycles. The summed E-state index contributed by atoms with van der Waals surface area (Å²) in [6, 6.07) is 2.16. The topological polar surface area (TPSA) is 67.6 Å². The summed E-state index contributed by atoms with van der Waals surface area (Å²) >= 11 is 5.11. The van der Waals surface area contributed by atoms with Crippen molar-refractivity contribution in [1.29, 1.82) is 0 Å². The van der Waals surface area contributed by atoms with Crippen molar-refractivity contribution in [2.24, 2.45) is 5.73 Å². The van der Waals surface area contributed by atoms with Crippen LogP contribution in [0, 0.1) is 0 Å². The number of nitrogens with zero attached hydrogens (tertiary/aromatic N) is 1. The molecule has 0 saturated heterocycles. The van der Waals surface area contributed by atoms with Crippen LogP contribution in [0.1, 0.15) is 26.3 Å². The lowest BCUT2D eigenvalue weighted by Crippen LogP contribution is -2.46. The van der Waals surface area contributed by atoms with Gasteiger partial charge in [-0.05, 0) is 60.8 Å². The smallest absolute Gasteiger partial charge is 0.407 e. The third-order valence-electron chi connectivity index (χ3n) is 2.83. The first-order chi connectivity index (χ1) is 9.71. The van der Waals surface area contributed by atoms with Gasteiger partial charge in [-0.1, -0.05) is 0 Å². The Bertz CT molecular complexity index is 459.